The molecule has 1 aromatic carbocycles. The molecule has 0 aliphatic heterocycles. The fourth-order valence-corrected chi connectivity index (χ4v) is 1.27. The monoisotopic (exact) mass is 174 g/mol. The quantitative estimate of drug-likeness (QED) is 0.674. The van der Waals surface area contributed by atoms with Gasteiger partial charge in [-0.1, -0.05) is 12.1 Å². The van der Waals surface area contributed by atoms with Crippen LogP contribution in [0.1, 0.15) is 5.76 Å². The van der Waals surface area contributed by atoms with Crippen molar-refractivity contribution >= 4 is 5.69 Å². The van der Waals surface area contributed by atoms with Crippen molar-refractivity contribution in [3.05, 3.63) is 36.4 Å². The van der Waals surface area contributed by atoms with Gasteiger partial charge in [-0.3, -0.25) is 0 Å². The molecule has 0 spiro atoms. The van der Waals surface area contributed by atoms with Crippen LogP contribution in [0.25, 0.3) is 11.3 Å². The van der Waals surface area contributed by atoms with Gasteiger partial charge in [-0.05, 0) is 19.1 Å². The molecule has 3 nitrogen and oxygen atoms in total. The Labute approximate surface area is 76.2 Å². The number of nitrogen functional groups attached to an aromatic ring is 1. The van der Waals surface area contributed by atoms with E-state index in [4.69, 9.17) is 10.2 Å². The summed E-state index contributed by atoms with van der Waals surface area (Å²) in [5.74, 6) is 0.811. The summed E-state index contributed by atoms with van der Waals surface area (Å²) in [5.41, 5.74) is 8.24. The predicted molar refractivity (Wildman–Crippen MR) is 51.1 cm³/mol. The minimum absolute atomic E-state index is 0.736. The molecule has 0 fully saturated rings. The van der Waals surface area contributed by atoms with Gasteiger partial charge >= 0.3 is 0 Å². The minimum atomic E-state index is 0.736. The molecule has 0 radical (unpaired) electrons. The molecule has 0 aliphatic rings. The standard InChI is InChI=1S/C10H10N2O/c1-7-10(12-6-13-7)8-3-2-4-9(11)5-8/h2-6H,11H2,1H3. The molecular weight excluding hydrogens is 164 g/mol. The molecule has 3 heteroatoms. The lowest BCUT2D eigenvalue weighted by Gasteiger charge is -1.98. The van der Waals surface area contributed by atoms with Gasteiger partial charge in [0.25, 0.3) is 0 Å². The molecule has 13 heavy (non-hydrogen) atoms. The highest BCUT2D eigenvalue weighted by Crippen LogP contribution is 2.22. The fraction of sp³-hybridized carbons (Fsp3) is 0.100. The third-order valence-electron chi connectivity index (χ3n) is 1.90. The zero-order valence-corrected chi connectivity index (χ0v) is 7.32. The largest absolute Gasteiger partial charge is 0.448 e. The number of hydrogen-bond donors (Lipinski definition) is 1. The van der Waals surface area contributed by atoms with Gasteiger partial charge in [0.05, 0.1) is 0 Å². The van der Waals surface area contributed by atoms with Crippen LogP contribution in [0, 0.1) is 6.92 Å². The van der Waals surface area contributed by atoms with Crippen molar-refractivity contribution in [2.24, 2.45) is 0 Å². The molecule has 0 saturated carbocycles. The van der Waals surface area contributed by atoms with Gasteiger partial charge < -0.3 is 10.2 Å². The maximum atomic E-state index is 5.66. The molecule has 2 N–H and O–H groups in total. The molecule has 0 amide bonds. The van der Waals surface area contributed by atoms with Gasteiger partial charge in [0.2, 0.25) is 0 Å². The molecule has 2 aromatic rings. The number of hydrogen-bond acceptors (Lipinski definition) is 3. The lowest BCUT2D eigenvalue weighted by atomic mass is 10.1. The zero-order chi connectivity index (χ0) is 9.26. The van der Waals surface area contributed by atoms with Gasteiger partial charge in [0.15, 0.2) is 6.39 Å². The number of nitrogens with two attached hydrogens (primary N) is 1. The summed E-state index contributed by atoms with van der Waals surface area (Å²) >= 11 is 0. The molecule has 66 valence electrons. The number of aryl methyl sites for hydroxylation is 1. The molecule has 0 unspecified atom stereocenters. The number of nitrogens with zero attached hydrogens (tertiary/aromatic N) is 1. The highest BCUT2D eigenvalue weighted by Gasteiger charge is 2.05. The van der Waals surface area contributed by atoms with E-state index in [1.807, 2.05) is 31.2 Å². The Balaban J connectivity index is 2.53. The van der Waals surface area contributed by atoms with Gasteiger partial charge in [-0.25, -0.2) is 4.98 Å². The smallest absolute Gasteiger partial charge is 0.181 e. The third-order valence-corrected chi connectivity index (χ3v) is 1.90. The molecule has 1 heterocycles. The molecule has 0 atom stereocenters. The summed E-state index contributed by atoms with van der Waals surface area (Å²) in [6, 6.07) is 7.59. The van der Waals surface area contributed by atoms with Crippen LogP contribution in [0.5, 0.6) is 0 Å². The summed E-state index contributed by atoms with van der Waals surface area (Å²) in [7, 11) is 0. The highest BCUT2D eigenvalue weighted by molar-refractivity contribution is 5.65. The van der Waals surface area contributed by atoms with E-state index in [2.05, 4.69) is 4.98 Å². The SMILES string of the molecule is Cc1ocnc1-c1cccc(N)c1. The van der Waals surface area contributed by atoms with E-state index in [9.17, 15) is 0 Å². The topological polar surface area (TPSA) is 52.0 Å². The van der Waals surface area contributed by atoms with Gasteiger partial charge in [0.1, 0.15) is 11.5 Å². The molecule has 2 rings (SSSR count). The number of aromatic nitrogens is 1. The van der Waals surface area contributed by atoms with Crippen molar-refractivity contribution in [2.45, 2.75) is 6.92 Å². The van der Waals surface area contributed by atoms with Crippen molar-refractivity contribution in [3.63, 3.8) is 0 Å². The second kappa shape index (κ2) is 2.94. The average Bonchev–Trinajstić information content (AvgIpc) is 2.51. The summed E-state index contributed by atoms with van der Waals surface area (Å²) in [6.45, 7) is 1.88. The summed E-state index contributed by atoms with van der Waals surface area (Å²) < 4.78 is 5.11. The van der Waals surface area contributed by atoms with E-state index in [-0.39, 0.29) is 0 Å². The van der Waals surface area contributed by atoms with Crippen LogP contribution in [0.2, 0.25) is 0 Å². The zero-order valence-electron chi connectivity index (χ0n) is 7.32. The second-order valence-electron chi connectivity index (χ2n) is 2.88. The lowest BCUT2D eigenvalue weighted by Crippen LogP contribution is -1.86. The van der Waals surface area contributed by atoms with E-state index in [1.54, 1.807) is 0 Å². The summed E-state index contributed by atoms with van der Waals surface area (Å²) in [5, 5.41) is 0. The molecule has 0 saturated heterocycles. The second-order valence-corrected chi connectivity index (χ2v) is 2.88. The van der Waals surface area contributed by atoms with Crippen LogP contribution >= 0.6 is 0 Å². The summed E-state index contributed by atoms with van der Waals surface area (Å²) in [6.07, 6.45) is 1.44. The van der Waals surface area contributed by atoms with Crippen molar-refractivity contribution in [3.8, 4) is 11.3 Å². The normalized spacial score (nSPS) is 10.2. The van der Waals surface area contributed by atoms with Crippen molar-refractivity contribution in [1.29, 1.82) is 0 Å². The molecule has 0 aliphatic carbocycles. The Morgan fingerprint density at radius 1 is 1.38 bits per heavy atom. The lowest BCUT2D eigenvalue weighted by molar-refractivity contribution is 0.527. The van der Waals surface area contributed by atoms with E-state index in [0.717, 1.165) is 22.7 Å². The van der Waals surface area contributed by atoms with Crippen LogP contribution in [-0.2, 0) is 0 Å². The van der Waals surface area contributed by atoms with E-state index in [0.29, 0.717) is 0 Å². The molecular formula is C10H10N2O. The van der Waals surface area contributed by atoms with Crippen molar-refractivity contribution < 1.29 is 4.42 Å². The molecule has 1 aromatic heterocycles. The van der Waals surface area contributed by atoms with E-state index >= 15 is 0 Å². The Morgan fingerprint density at radius 3 is 2.85 bits per heavy atom. The number of oxazole rings is 1. The van der Waals surface area contributed by atoms with Crippen molar-refractivity contribution in [2.75, 3.05) is 5.73 Å². The fourth-order valence-electron chi connectivity index (χ4n) is 1.27. The van der Waals surface area contributed by atoms with E-state index in [1.165, 1.54) is 6.39 Å². The Bertz CT molecular complexity index is 420. The van der Waals surface area contributed by atoms with Gasteiger partial charge in [0, 0.05) is 11.3 Å². The maximum Gasteiger partial charge on any atom is 0.181 e. The van der Waals surface area contributed by atoms with Crippen LogP contribution in [-0.4, -0.2) is 4.98 Å². The average molecular weight is 174 g/mol. The van der Waals surface area contributed by atoms with Crippen molar-refractivity contribution in [1.82, 2.24) is 4.98 Å². The number of rotatable bonds is 1. The van der Waals surface area contributed by atoms with Crippen LogP contribution in [0.15, 0.2) is 35.1 Å². The van der Waals surface area contributed by atoms with E-state index < -0.39 is 0 Å². The Morgan fingerprint density at radius 2 is 2.23 bits per heavy atom. The third kappa shape index (κ3) is 1.40. The maximum absolute atomic E-state index is 5.66. The number of benzene rings is 1. The number of anilines is 1. The van der Waals surface area contributed by atoms with Gasteiger partial charge in [-0.15, -0.1) is 0 Å². The first-order valence-corrected chi connectivity index (χ1v) is 4.03. The van der Waals surface area contributed by atoms with Crippen LogP contribution in [0.3, 0.4) is 0 Å². The first kappa shape index (κ1) is 7.86. The predicted octanol–water partition coefficient (Wildman–Crippen LogP) is 2.23. The summed E-state index contributed by atoms with van der Waals surface area (Å²) in [4.78, 5) is 4.10. The first-order valence-electron chi connectivity index (χ1n) is 4.03. The first-order chi connectivity index (χ1) is 6.27. The Hall–Kier alpha value is -1.77. The minimum Gasteiger partial charge on any atom is -0.448 e. The van der Waals surface area contributed by atoms with Crippen LogP contribution < -0.4 is 5.73 Å². The highest BCUT2D eigenvalue weighted by atomic mass is 16.3. The van der Waals surface area contributed by atoms with Crippen LogP contribution in [0.4, 0.5) is 5.69 Å². The Kier molecular flexibility index (Phi) is 1.77. The molecule has 0 bridgehead atoms. The van der Waals surface area contributed by atoms with Gasteiger partial charge in [-0.2, -0.15) is 0 Å².